The van der Waals surface area contributed by atoms with Crippen molar-refractivity contribution in [3.63, 3.8) is 0 Å². The molecule has 1 aromatic carbocycles. The van der Waals surface area contributed by atoms with Crippen molar-refractivity contribution < 1.29 is 9.59 Å². The summed E-state index contributed by atoms with van der Waals surface area (Å²) in [5.74, 6) is -0.0748. The molecule has 0 aliphatic heterocycles. The molecule has 1 saturated carbocycles. The van der Waals surface area contributed by atoms with Crippen LogP contribution in [0, 0.1) is 12.8 Å². The van der Waals surface area contributed by atoms with Gasteiger partial charge in [-0.2, -0.15) is 0 Å². The normalized spacial score (nSPS) is 15.0. The average Bonchev–Trinajstić information content (AvgIpc) is 3.32. The summed E-state index contributed by atoms with van der Waals surface area (Å²) in [7, 11) is 0. The largest absolute Gasteiger partial charge is 0.340 e. The van der Waals surface area contributed by atoms with Gasteiger partial charge in [-0.15, -0.1) is 10.2 Å². The van der Waals surface area contributed by atoms with E-state index in [1.165, 1.54) is 11.3 Å². The van der Waals surface area contributed by atoms with Crippen molar-refractivity contribution in [3.05, 3.63) is 40.4 Å². The van der Waals surface area contributed by atoms with E-state index in [2.05, 4.69) is 20.8 Å². The molecule has 0 radical (unpaired) electrons. The zero-order valence-electron chi connectivity index (χ0n) is 14.6. The molecule has 0 saturated heterocycles. The number of benzene rings is 1. The quantitative estimate of drug-likeness (QED) is 0.831. The van der Waals surface area contributed by atoms with Gasteiger partial charge < -0.3 is 5.32 Å². The fourth-order valence-corrected chi connectivity index (χ4v) is 3.34. The van der Waals surface area contributed by atoms with Crippen LogP contribution < -0.4 is 10.6 Å². The van der Waals surface area contributed by atoms with Crippen LogP contribution in [0.2, 0.25) is 0 Å². The van der Waals surface area contributed by atoms with Crippen LogP contribution in [0.4, 0.5) is 5.13 Å². The van der Waals surface area contributed by atoms with E-state index < -0.39 is 6.04 Å². The van der Waals surface area contributed by atoms with Gasteiger partial charge in [0.05, 0.1) is 0 Å². The van der Waals surface area contributed by atoms with Crippen LogP contribution >= 0.6 is 11.3 Å². The van der Waals surface area contributed by atoms with Crippen molar-refractivity contribution in [2.24, 2.45) is 5.92 Å². The summed E-state index contributed by atoms with van der Waals surface area (Å²) in [4.78, 5) is 25.0. The second-order valence-electron chi connectivity index (χ2n) is 6.77. The summed E-state index contributed by atoms with van der Waals surface area (Å²) in [6.07, 6.45) is 2.29. The Bertz CT molecular complexity index is 766. The van der Waals surface area contributed by atoms with E-state index in [1.54, 1.807) is 12.1 Å². The number of carbonyl (C=O) groups is 2. The Morgan fingerprint density at radius 2 is 1.84 bits per heavy atom. The highest BCUT2D eigenvalue weighted by Gasteiger charge is 2.29. The first-order valence-electron chi connectivity index (χ1n) is 8.46. The fourth-order valence-electron chi connectivity index (χ4n) is 2.43. The van der Waals surface area contributed by atoms with Crippen molar-refractivity contribution in [2.45, 2.75) is 45.6 Å². The lowest BCUT2D eigenvalue weighted by Gasteiger charge is -2.21. The summed E-state index contributed by atoms with van der Waals surface area (Å²) in [5, 5.41) is 15.2. The molecule has 25 heavy (non-hydrogen) atoms. The third-order valence-corrected chi connectivity index (χ3v) is 5.15. The minimum atomic E-state index is -0.637. The molecule has 132 valence electrons. The SMILES string of the molecule is Cc1ccc(C(=O)NC(C(=O)Nc2nnc(C3CC3)s2)C(C)C)cc1. The highest BCUT2D eigenvalue weighted by molar-refractivity contribution is 7.15. The molecule has 1 aromatic heterocycles. The van der Waals surface area contributed by atoms with Gasteiger partial charge in [0.2, 0.25) is 11.0 Å². The second kappa shape index (κ2) is 7.31. The van der Waals surface area contributed by atoms with Gasteiger partial charge >= 0.3 is 0 Å². The number of hydrogen-bond donors (Lipinski definition) is 2. The lowest BCUT2D eigenvalue weighted by atomic mass is 10.0. The molecule has 1 aliphatic carbocycles. The topological polar surface area (TPSA) is 84.0 Å². The van der Waals surface area contributed by atoms with Gasteiger partial charge in [-0.25, -0.2) is 0 Å². The van der Waals surface area contributed by atoms with E-state index in [0.717, 1.165) is 23.4 Å². The van der Waals surface area contributed by atoms with Crippen LogP contribution in [0.1, 0.15) is 53.5 Å². The molecule has 1 heterocycles. The van der Waals surface area contributed by atoms with Gasteiger partial charge in [0, 0.05) is 11.5 Å². The maximum atomic E-state index is 12.6. The van der Waals surface area contributed by atoms with E-state index in [1.807, 2.05) is 32.9 Å². The molecular weight excluding hydrogens is 336 g/mol. The highest BCUT2D eigenvalue weighted by atomic mass is 32.1. The Labute approximate surface area is 151 Å². The number of amides is 2. The second-order valence-corrected chi connectivity index (χ2v) is 7.78. The predicted molar refractivity (Wildman–Crippen MR) is 97.8 cm³/mol. The molecule has 0 bridgehead atoms. The zero-order valence-corrected chi connectivity index (χ0v) is 15.4. The molecule has 1 aliphatic rings. The number of nitrogens with zero attached hydrogens (tertiary/aromatic N) is 2. The van der Waals surface area contributed by atoms with E-state index >= 15 is 0 Å². The number of aryl methyl sites for hydroxylation is 1. The van der Waals surface area contributed by atoms with Crippen LogP contribution in [0.15, 0.2) is 24.3 Å². The van der Waals surface area contributed by atoms with Crippen LogP contribution in [0.5, 0.6) is 0 Å². The minimum absolute atomic E-state index is 0.0507. The molecule has 1 unspecified atom stereocenters. The standard InChI is InChI=1S/C18H22N4O2S/c1-10(2)14(19-15(23)12-6-4-11(3)5-7-12)16(24)20-18-22-21-17(25-18)13-8-9-13/h4-7,10,13-14H,8-9H2,1-3H3,(H,19,23)(H,20,22,24). The van der Waals surface area contributed by atoms with E-state index in [9.17, 15) is 9.59 Å². The Kier molecular flexibility index (Phi) is 5.13. The average molecular weight is 358 g/mol. The number of nitrogens with one attached hydrogen (secondary N) is 2. The third kappa shape index (κ3) is 4.42. The first-order valence-corrected chi connectivity index (χ1v) is 9.27. The molecule has 2 aromatic rings. The molecule has 2 N–H and O–H groups in total. The van der Waals surface area contributed by atoms with Crippen molar-refractivity contribution >= 4 is 28.3 Å². The molecule has 6 nitrogen and oxygen atoms in total. The van der Waals surface area contributed by atoms with Crippen LogP contribution in [0.3, 0.4) is 0 Å². The number of rotatable bonds is 6. The summed E-state index contributed by atoms with van der Waals surface area (Å²) >= 11 is 1.41. The summed E-state index contributed by atoms with van der Waals surface area (Å²) in [6, 6.07) is 6.63. The fraction of sp³-hybridized carbons (Fsp3) is 0.444. The van der Waals surface area contributed by atoms with Crippen LogP contribution in [-0.2, 0) is 4.79 Å². The van der Waals surface area contributed by atoms with Gasteiger partial charge in [0.1, 0.15) is 11.0 Å². The first kappa shape index (κ1) is 17.5. The Balaban J connectivity index is 1.65. The molecule has 1 atom stereocenters. The lowest BCUT2D eigenvalue weighted by Crippen LogP contribution is -2.47. The van der Waals surface area contributed by atoms with E-state index in [4.69, 9.17) is 0 Å². The first-order chi connectivity index (χ1) is 11.9. The number of hydrogen-bond acceptors (Lipinski definition) is 5. The van der Waals surface area contributed by atoms with Crippen molar-refractivity contribution in [2.75, 3.05) is 5.32 Å². The number of carbonyl (C=O) groups excluding carboxylic acids is 2. The number of aromatic nitrogens is 2. The zero-order chi connectivity index (χ0) is 18.0. The summed E-state index contributed by atoms with van der Waals surface area (Å²) in [5.41, 5.74) is 1.62. The van der Waals surface area contributed by atoms with E-state index in [0.29, 0.717) is 16.6 Å². The van der Waals surface area contributed by atoms with Crippen LogP contribution in [0.25, 0.3) is 0 Å². The molecular formula is C18H22N4O2S. The monoisotopic (exact) mass is 358 g/mol. The maximum Gasteiger partial charge on any atom is 0.251 e. The maximum absolute atomic E-state index is 12.6. The smallest absolute Gasteiger partial charge is 0.251 e. The molecule has 1 fully saturated rings. The van der Waals surface area contributed by atoms with E-state index in [-0.39, 0.29) is 17.7 Å². The van der Waals surface area contributed by atoms with Gasteiger partial charge in [-0.1, -0.05) is 42.9 Å². The van der Waals surface area contributed by atoms with Crippen molar-refractivity contribution in [3.8, 4) is 0 Å². The Morgan fingerprint density at radius 3 is 2.44 bits per heavy atom. The van der Waals surface area contributed by atoms with Gasteiger partial charge in [0.15, 0.2) is 0 Å². The Hall–Kier alpha value is -2.28. The summed E-state index contributed by atoms with van der Waals surface area (Å²) in [6.45, 7) is 5.76. The summed E-state index contributed by atoms with van der Waals surface area (Å²) < 4.78 is 0. The van der Waals surface area contributed by atoms with Gasteiger partial charge in [-0.05, 0) is 37.8 Å². The highest BCUT2D eigenvalue weighted by Crippen LogP contribution is 2.42. The Morgan fingerprint density at radius 1 is 1.16 bits per heavy atom. The van der Waals surface area contributed by atoms with Crippen molar-refractivity contribution in [1.82, 2.24) is 15.5 Å². The van der Waals surface area contributed by atoms with Gasteiger partial charge in [-0.3, -0.25) is 14.9 Å². The molecule has 7 heteroatoms. The number of anilines is 1. The van der Waals surface area contributed by atoms with Gasteiger partial charge in [0.25, 0.3) is 5.91 Å². The van der Waals surface area contributed by atoms with Crippen molar-refractivity contribution in [1.29, 1.82) is 0 Å². The molecule has 2 amide bonds. The molecule has 3 rings (SSSR count). The third-order valence-electron chi connectivity index (χ3n) is 4.15. The predicted octanol–water partition coefficient (Wildman–Crippen LogP) is 3.12. The van der Waals surface area contributed by atoms with Crippen LogP contribution in [-0.4, -0.2) is 28.1 Å². The minimum Gasteiger partial charge on any atom is -0.340 e. The molecule has 0 spiro atoms. The lowest BCUT2D eigenvalue weighted by molar-refractivity contribution is -0.118.